The molecule has 0 aromatic heterocycles. The van der Waals surface area contributed by atoms with E-state index in [1.807, 2.05) is 0 Å². The summed E-state index contributed by atoms with van der Waals surface area (Å²) in [6.07, 6.45) is 3.69. The van der Waals surface area contributed by atoms with E-state index in [1.54, 1.807) is 0 Å². The zero-order valence-corrected chi connectivity index (χ0v) is 7.89. The van der Waals surface area contributed by atoms with E-state index >= 15 is 0 Å². The van der Waals surface area contributed by atoms with Crippen LogP contribution in [0.3, 0.4) is 0 Å². The molecule has 0 aliphatic heterocycles. The highest BCUT2D eigenvalue weighted by atomic mass is 31.0. The highest BCUT2D eigenvalue weighted by molar-refractivity contribution is 7.19. The summed E-state index contributed by atoms with van der Waals surface area (Å²) in [5.41, 5.74) is 0. The Bertz CT molecular complexity index is 28.4. The largest absolute Gasteiger partial charge is 0.137 e. The van der Waals surface area contributed by atoms with Crippen LogP contribution in [0.4, 0.5) is 0 Å². The second-order valence-electron chi connectivity index (χ2n) is 1.57. The zero-order valence-electron chi connectivity index (χ0n) is 4.43. The van der Waals surface area contributed by atoms with Crippen molar-refractivity contribution in [1.29, 1.82) is 0 Å². The molecule has 3 unspecified atom stereocenters. The summed E-state index contributed by atoms with van der Waals surface area (Å²) in [6, 6.07) is 0. The van der Waals surface area contributed by atoms with Crippen molar-refractivity contribution in [3.63, 3.8) is 0 Å². The Morgan fingerprint density at radius 1 is 0.857 bits per heavy atom. The van der Waals surface area contributed by atoms with Gasteiger partial charge in [-0.1, -0.05) is 0 Å². The molecule has 7 heavy (non-hydrogen) atoms. The summed E-state index contributed by atoms with van der Waals surface area (Å²) in [4.78, 5) is 0. The van der Waals surface area contributed by atoms with Crippen LogP contribution >= 0.6 is 27.7 Å². The molecule has 0 amide bonds. The molecule has 0 nitrogen and oxygen atoms in total. The minimum absolute atomic E-state index is 0.875. The lowest BCUT2D eigenvalue weighted by Crippen LogP contribution is -2.03. The number of hydrogen-bond acceptors (Lipinski definition) is 0. The standard InChI is InChI=1S/C4H13P3/c5-1-4(2-6)3-7/h4H,1-3,5-7H2. The van der Waals surface area contributed by atoms with Crippen molar-refractivity contribution in [2.75, 3.05) is 18.5 Å². The van der Waals surface area contributed by atoms with E-state index in [0.717, 1.165) is 5.92 Å². The monoisotopic (exact) mass is 154 g/mol. The second kappa shape index (κ2) is 5.43. The quantitative estimate of drug-likeness (QED) is 0.536. The van der Waals surface area contributed by atoms with E-state index in [0.29, 0.717) is 0 Å². The summed E-state index contributed by atoms with van der Waals surface area (Å²) in [5.74, 6) is 0.875. The lowest BCUT2D eigenvalue weighted by atomic mass is 10.3. The zero-order chi connectivity index (χ0) is 5.70. The van der Waals surface area contributed by atoms with Crippen LogP contribution in [-0.4, -0.2) is 18.5 Å². The SMILES string of the molecule is PCC(CP)CP. The molecule has 0 N–H and O–H groups in total. The molecule has 0 radical (unpaired) electrons. The van der Waals surface area contributed by atoms with E-state index in [9.17, 15) is 0 Å². The summed E-state index contributed by atoms with van der Waals surface area (Å²) < 4.78 is 0. The molecule has 0 rings (SSSR count). The van der Waals surface area contributed by atoms with Gasteiger partial charge in [0.25, 0.3) is 0 Å². The third kappa shape index (κ3) is 3.84. The fourth-order valence-electron chi connectivity index (χ4n) is 0.289. The van der Waals surface area contributed by atoms with Crippen LogP contribution in [0.15, 0.2) is 0 Å². The van der Waals surface area contributed by atoms with Gasteiger partial charge in [-0.3, -0.25) is 0 Å². The Morgan fingerprint density at radius 3 is 1.14 bits per heavy atom. The van der Waals surface area contributed by atoms with Gasteiger partial charge >= 0.3 is 0 Å². The molecular weight excluding hydrogens is 141 g/mol. The van der Waals surface area contributed by atoms with E-state index in [2.05, 4.69) is 27.7 Å². The highest BCUT2D eigenvalue weighted by Crippen LogP contribution is 2.08. The van der Waals surface area contributed by atoms with Gasteiger partial charge in [-0.2, -0.15) is 0 Å². The maximum atomic E-state index is 2.76. The lowest BCUT2D eigenvalue weighted by molar-refractivity contribution is 0.779. The summed E-state index contributed by atoms with van der Waals surface area (Å²) in [5, 5.41) is 0. The van der Waals surface area contributed by atoms with Crippen molar-refractivity contribution in [3.8, 4) is 0 Å². The molecule has 0 bridgehead atoms. The summed E-state index contributed by atoms with van der Waals surface area (Å²) in [6.45, 7) is 0. The number of hydrogen-bond donors (Lipinski definition) is 0. The average Bonchev–Trinajstić information content (AvgIpc) is 1.72. The fourth-order valence-corrected chi connectivity index (χ4v) is 2.60. The van der Waals surface area contributed by atoms with Gasteiger partial charge in [0.15, 0.2) is 0 Å². The Hall–Kier alpha value is 1.29. The molecule has 0 spiro atoms. The third-order valence-corrected chi connectivity index (χ3v) is 3.00. The Kier molecular flexibility index (Phi) is 6.43. The van der Waals surface area contributed by atoms with Crippen LogP contribution in [0.25, 0.3) is 0 Å². The van der Waals surface area contributed by atoms with Crippen LogP contribution in [-0.2, 0) is 0 Å². The fraction of sp³-hybridized carbons (Fsp3) is 1.00. The van der Waals surface area contributed by atoms with E-state index < -0.39 is 0 Å². The van der Waals surface area contributed by atoms with Gasteiger partial charge in [0.2, 0.25) is 0 Å². The average molecular weight is 154 g/mol. The molecule has 0 saturated heterocycles. The van der Waals surface area contributed by atoms with E-state index in [1.165, 1.54) is 18.5 Å². The molecule has 3 atom stereocenters. The minimum atomic E-state index is 0.875. The van der Waals surface area contributed by atoms with Crippen molar-refractivity contribution in [3.05, 3.63) is 0 Å². The smallest absolute Gasteiger partial charge is 0.0310 e. The summed E-state index contributed by atoms with van der Waals surface area (Å²) in [7, 11) is 8.27. The topological polar surface area (TPSA) is 0 Å². The maximum Gasteiger partial charge on any atom is -0.0310 e. The third-order valence-electron chi connectivity index (χ3n) is 1.00. The first-order chi connectivity index (χ1) is 3.35. The first-order valence-corrected chi connectivity index (χ1v) is 4.90. The predicted molar refractivity (Wildman–Crippen MR) is 47.2 cm³/mol. The minimum Gasteiger partial charge on any atom is -0.137 e. The molecule has 0 aliphatic rings. The molecule has 0 aromatic rings. The van der Waals surface area contributed by atoms with Crippen molar-refractivity contribution >= 4 is 27.7 Å². The van der Waals surface area contributed by atoms with Crippen LogP contribution in [0.5, 0.6) is 0 Å². The van der Waals surface area contributed by atoms with Gasteiger partial charge in [0.1, 0.15) is 0 Å². The van der Waals surface area contributed by atoms with Crippen LogP contribution < -0.4 is 0 Å². The Balaban J connectivity index is 2.99. The van der Waals surface area contributed by atoms with Crippen molar-refractivity contribution in [1.82, 2.24) is 0 Å². The molecule has 3 heteroatoms. The molecular formula is C4H13P3. The molecule has 0 aliphatic carbocycles. The molecule has 0 aromatic carbocycles. The van der Waals surface area contributed by atoms with Crippen LogP contribution in [0.1, 0.15) is 0 Å². The number of rotatable bonds is 3. The first kappa shape index (κ1) is 8.29. The van der Waals surface area contributed by atoms with Crippen molar-refractivity contribution < 1.29 is 0 Å². The van der Waals surface area contributed by atoms with E-state index in [-0.39, 0.29) is 0 Å². The highest BCUT2D eigenvalue weighted by Gasteiger charge is 1.96. The van der Waals surface area contributed by atoms with Crippen molar-refractivity contribution in [2.24, 2.45) is 5.92 Å². The summed E-state index contributed by atoms with van der Waals surface area (Å²) >= 11 is 0. The molecule has 0 heterocycles. The second-order valence-corrected chi connectivity index (χ2v) is 2.99. The lowest BCUT2D eigenvalue weighted by Gasteiger charge is -2.05. The maximum absolute atomic E-state index is 2.76. The molecule has 44 valence electrons. The van der Waals surface area contributed by atoms with Gasteiger partial charge in [0, 0.05) is 0 Å². The van der Waals surface area contributed by atoms with Gasteiger partial charge in [-0.05, 0) is 24.4 Å². The Morgan fingerprint density at radius 2 is 1.14 bits per heavy atom. The molecule has 0 fully saturated rings. The first-order valence-electron chi connectivity index (χ1n) is 2.45. The van der Waals surface area contributed by atoms with Crippen LogP contribution in [0, 0.1) is 5.92 Å². The van der Waals surface area contributed by atoms with E-state index in [4.69, 9.17) is 0 Å². The van der Waals surface area contributed by atoms with Gasteiger partial charge in [-0.15, -0.1) is 27.7 Å². The normalized spacial score (nSPS) is 10.3. The van der Waals surface area contributed by atoms with Crippen molar-refractivity contribution in [2.45, 2.75) is 0 Å². The Labute approximate surface area is 52.8 Å². The van der Waals surface area contributed by atoms with Gasteiger partial charge in [-0.25, -0.2) is 0 Å². The van der Waals surface area contributed by atoms with Gasteiger partial charge in [0.05, 0.1) is 0 Å². The molecule has 0 saturated carbocycles. The predicted octanol–water partition coefficient (Wildman–Crippen LogP) is 1.23. The van der Waals surface area contributed by atoms with Gasteiger partial charge < -0.3 is 0 Å². The van der Waals surface area contributed by atoms with Crippen LogP contribution in [0.2, 0.25) is 0 Å².